The lowest BCUT2D eigenvalue weighted by molar-refractivity contribution is -0.138. The van der Waals surface area contributed by atoms with E-state index in [0.717, 1.165) is 0 Å². The Hall–Kier alpha value is -1.34. The Morgan fingerprint density at radius 2 is 2.16 bits per heavy atom. The van der Waals surface area contributed by atoms with E-state index in [2.05, 4.69) is 0 Å². The zero-order valence-corrected chi connectivity index (χ0v) is 11.6. The van der Waals surface area contributed by atoms with Crippen molar-refractivity contribution in [2.75, 3.05) is 19.7 Å². The number of carbonyl (C=O) groups excluding carboxylic acids is 1. The van der Waals surface area contributed by atoms with E-state index in [9.17, 15) is 9.59 Å². The minimum Gasteiger partial charge on any atom is -0.481 e. The number of hydrogen-bond donors (Lipinski definition) is 2. The molecule has 0 aromatic rings. The Labute approximate surface area is 112 Å². The van der Waals surface area contributed by atoms with E-state index < -0.39 is 29.8 Å². The number of carboxylic acid groups (broad SMARTS) is 1. The molecule has 0 bridgehead atoms. The Balaban J connectivity index is 2.54. The summed E-state index contributed by atoms with van der Waals surface area (Å²) in [5.41, 5.74) is 5.19. The molecule has 1 amide bonds. The zero-order chi connectivity index (χ0) is 14.6. The minimum atomic E-state index is -0.981. The summed E-state index contributed by atoms with van der Waals surface area (Å²) < 4.78 is 10.7. The van der Waals surface area contributed by atoms with Gasteiger partial charge in [0.25, 0.3) is 0 Å². The number of carbonyl (C=O) groups is 2. The van der Waals surface area contributed by atoms with Crippen LogP contribution in [0.3, 0.4) is 0 Å². The van der Waals surface area contributed by atoms with Crippen LogP contribution in [0.4, 0.5) is 4.79 Å². The van der Waals surface area contributed by atoms with E-state index >= 15 is 0 Å². The third-order valence-electron chi connectivity index (χ3n) is 2.63. The first-order valence-corrected chi connectivity index (χ1v) is 6.26. The maximum absolute atomic E-state index is 11.9. The lowest BCUT2D eigenvalue weighted by Crippen LogP contribution is -2.53. The van der Waals surface area contributed by atoms with Crippen molar-refractivity contribution in [1.82, 2.24) is 4.90 Å². The highest BCUT2D eigenvalue weighted by atomic mass is 16.6. The summed E-state index contributed by atoms with van der Waals surface area (Å²) >= 11 is 0. The van der Waals surface area contributed by atoms with Gasteiger partial charge in [0.15, 0.2) is 0 Å². The van der Waals surface area contributed by atoms with Crippen LogP contribution >= 0.6 is 0 Å². The van der Waals surface area contributed by atoms with Crippen LogP contribution in [0.25, 0.3) is 0 Å². The predicted octanol–water partition coefficient (Wildman–Crippen LogP) is 0.424. The number of amides is 1. The second-order valence-electron chi connectivity index (χ2n) is 5.60. The molecular weight excluding hydrogens is 252 g/mol. The summed E-state index contributed by atoms with van der Waals surface area (Å²) in [5.74, 6) is -0.981. The molecule has 0 aliphatic carbocycles. The van der Waals surface area contributed by atoms with Gasteiger partial charge in [-0.3, -0.25) is 4.79 Å². The number of aliphatic carboxylic acids is 1. The molecule has 1 rings (SSSR count). The van der Waals surface area contributed by atoms with E-state index in [0.29, 0.717) is 13.2 Å². The van der Waals surface area contributed by atoms with Gasteiger partial charge in [-0.05, 0) is 20.8 Å². The van der Waals surface area contributed by atoms with Crippen LogP contribution in [0.5, 0.6) is 0 Å². The third-order valence-corrected chi connectivity index (χ3v) is 2.63. The molecule has 7 heteroatoms. The number of rotatable bonds is 3. The summed E-state index contributed by atoms with van der Waals surface area (Å²) in [6.45, 7) is 6.38. The van der Waals surface area contributed by atoms with E-state index in [1.807, 2.05) is 0 Å². The van der Waals surface area contributed by atoms with Gasteiger partial charge in [0.05, 0.1) is 25.7 Å². The summed E-state index contributed by atoms with van der Waals surface area (Å²) in [6.07, 6.45) is -1.09. The number of ether oxygens (including phenoxy) is 2. The first-order chi connectivity index (χ1) is 8.69. The SMILES string of the molecule is CC(C)(C)OC(=O)N1CCOC(C(N)CC(=O)O)C1. The summed E-state index contributed by atoms with van der Waals surface area (Å²) in [4.78, 5) is 24.0. The summed E-state index contributed by atoms with van der Waals surface area (Å²) in [5, 5.41) is 8.70. The summed E-state index contributed by atoms with van der Waals surface area (Å²) in [7, 11) is 0. The molecular formula is C12H22N2O5. The molecule has 7 nitrogen and oxygen atoms in total. The number of carboxylic acids is 1. The second-order valence-corrected chi connectivity index (χ2v) is 5.60. The molecule has 0 spiro atoms. The monoisotopic (exact) mass is 274 g/mol. The van der Waals surface area contributed by atoms with Gasteiger partial charge < -0.3 is 25.2 Å². The van der Waals surface area contributed by atoms with Crippen LogP contribution < -0.4 is 5.73 Å². The Kier molecular flexibility index (Phi) is 5.13. The molecule has 2 atom stereocenters. The molecule has 0 aromatic carbocycles. The van der Waals surface area contributed by atoms with Crippen molar-refractivity contribution >= 4 is 12.1 Å². The van der Waals surface area contributed by atoms with Crippen molar-refractivity contribution < 1.29 is 24.2 Å². The highest BCUT2D eigenvalue weighted by Gasteiger charge is 2.31. The van der Waals surface area contributed by atoms with Crippen molar-refractivity contribution in [2.45, 2.75) is 44.9 Å². The molecule has 1 heterocycles. The molecule has 1 saturated heterocycles. The maximum Gasteiger partial charge on any atom is 0.410 e. The van der Waals surface area contributed by atoms with Crippen molar-refractivity contribution in [3.05, 3.63) is 0 Å². The Bertz CT molecular complexity index is 340. The lowest BCUT2D eigenvalue weighted by Gasteiger charge is -2.36. The number of nitrogens with zero attached hydrogens (tertiary/aromatic N) is 1. The van der Waals surface area contributed by atoms with Gasteiger partial charge in [0.1, 0.15) is 5.60 Å². The number of hydrogen-bond acceptors (Lipinski definition) is 5. The summed E-state index contributed by atoms with van der Waals surface area (Å²) in [6, 6.07) is -0.636. The molecule has 2 unspecified atom stereocenters. The average molecular weight is 274 g/mol. The minimum absolute atomic E-state index is 0.188. The van der Waals surface area contributed by atoms with Crippen LogP contribution in [0.15, 0.2) is 0 Å². The smallest absolute Gasteiger partial charge is 0.410 e. The first-order valence-electron chi connectivity index (χ1n) is 6.26. The normalized spacial score (nSPS) is 21.9. The highest BCUT2D eigenvalue weighted by molar-refractivity contribution is 5.69. The Morgan fingerprint density at radius 1 is 1.53 bits per heavy atom. The Morgan fingerprint density at radius 3 is 2.68 bits per heavy atom. The molecule has 0 saturated carbocycles. The van der Waals surface area contributed by atoms with Crippen LogP contribution in [0, 0.1) is 0 Å². The predicted molar refractivity (Wildman–Crippen MR) is 67.8 cm³/mol. The van der Waals surface area contributed by atoms with Gasteiger partial charge in [-0.25, -0.2) is 4.79 Å². The fourth-order valence-electron chi connectivity index (χ4n) is 1.76. The van der Waals surface area contributed by atoms with Gasteiger partial charge in [-0.1, -0.05) is 0 Å². The second kappa shape index (κ2) is 6.21. The van der Waals surface area contributed by atoms with Crippen LogP contribution in [0.1, 0.15) is 27.2 Å². The lowest BCUT2D eigenvalue weighted by atomic mass is 10.1. The van der Waals surface area contributed by atoms with E-state index in [-0.39, 0.29) is 13.0 Å². The van der Waals surface area contributed by atoms with Gasteiger partial charge in [-0.2, -0.15) is 0 Å². The maximum atomic E-state index is 11.9. The first kappa shape index (κ1) is 15.7. The topological polar surface area (TPSA) is 102 Å². The molecule has 19 heavy (non-hydrogen) atoms. The molecule has 3 N–H and O–H groups in total. The van der Waals surface area contributed by atoms with Crippen LogP contribution in [0.2, 0.25) is 0 Å². The fraction of sp³-hybridized carbons (Fsp3) is 0.833. The van der Waals surface area contributed by atoms with Crippen molar-refractivity contribution in [3.63, 3.8) is 0 Å². The van der Waals surface area contributed by atoms with Gasteiger partial charge in [-0.15, -0.1) is 0 Å². The van der Waals surface area contributed by atoms with Crippen molar-refractivity contribution in [2.24, 2.45) is 5.73 Å². The van der Waals surface area contributed by atoms with Crippen molar-refractivity contribution in [1.29, 1.82) is 0 Å². The van der Waals surface area contributed by atoms with E-state index in [1.165, 1.54) is 4.90 Å². The van der Waals surface area contributed by atoms with Gasteiger partial charge in [0.2, 0.25) is 0 Å². The fourth-order valence-corrected chi connectivity index (χ4v) is 1.76. The number of nitrogens with two attached hydrogens (primary N) is 1. The largest absolute Gasteiger partial charge is 0.481 e. The molecule has 0 aromatic heterocycles. The zero-order valence-electron chi connectivity index (χ0n) is 11.6. The third kappa shape index (κ3) is 5.44. The van der Waals surface area contributed by atoms with Gasteiger partial charge >= 0.3 is 12.1 Å². The van der Waals surface area contributed by atoms with Crippen LogP contribution in [-0.2, 0) is 14.3 Å². The highest BCUT2D eigenvalue weighted by Crippen LogP contribution is 2.15. The standard InChI is InChI=1S/C12H22N2O5/c1-12(2,3)19-11(17)14-4-5-18-9(7-14)8(13)6-10(15)16/h8-9H,4-7,13H2,1-3H3,(H,15,16). The average Bonchev–Trinajstić information content (AvgIpc) is 2.26. The van der Waals surface area contributed by atoms with E-state index in [1.54, 1.807) is 20.8 Å². The molecule has 1 fully saturated rings. The molecule has 110 valence electrons. The number of morpholine rings is 1. The molecule has 1 aliphatic rings. The van der Waals surface area contributed by atoms with E-state index in [4.69, 9.17) is 20.3 Å². The molecule has 0 radical (unpaired) electrons. The van der Waals surface area contributed by atoms with Crippen molar-refractivity contribution in [3.8, 4) is 0 Å². The molecule has 1 aliphatic heterocycles. The van der Waals surface area contributed by atoms with Gasteiger partial charge in [0, 0.05) is 12.6 Å². The quantitative estimate of drug-likeness (QED) is 0.773. The van der Waals surface area contributed by atoms with Crippen LogP contribution in [-0.4, -0.2) is 59.5 Å².